The van der Waals surface area contributed by atoms with Crippen LogP contribution in [0.5, 0.6) is 0 Å². The third-order valence-corrected chi connectivity index (χ3v) is 7.01. The standard InChI is InChI=1S/C26H28ClFN2O3/c1-16(18-5-7-19(8-6-18)26(32)33-2)29-25(31)22-11-12-23(28)21-13-14-30(24(21)22)15-17-3-9-20(27)10-4-17/h3-4,9-14,16,18-19H,5-8,15H2,1-2H3,(H,29,31)/t16?,18-,19-. The van der Waals surface area contributed by atoms with Crippen molar-refractivity contribution in [2.75, 3.05) is 7.11 Å². The Balaban J connectivity index is 1.52. The van der Waals surface area contributed by atoms with Crippen molar-refractivity contribution in [1.29, 1.82) is 0 Å². The molecule has 1 amide bonds. The van der Waals surface area contributed by atoms with Gasteiger partial charge in [0, 0.05) is 29.2 Å². The predicted molar refractivity (Wildman–Crippen MR) is 127 cm³/mol. The lowest BCUT2D eigenvalue weighted by Crippen LogP contribution is -2.40. The third kappa shape index (κ3) is 5.06. The fourth-order valence-electron chi connectivity index (χ4n) is 4.82. The van der Waals surface area contributed by atoms with Gasteiger partial charge in [-0.05, 0) is 74.4 Å². The van der Waals surface area contributed by atoms with Crippen molar-refractivity contribution < 1.29 is 18.7 Å². The Bertz CT molecular complexity index is 1150. The molecule has 174 valence electrons. The average molecular weight is 471 g/mol. The van der Waals surface area contributed by atoms with E-state index in [1.165, 1.54) is 13.2 Å². The molecule has 1 saturated carbocycles. The van der Waals surface area contributed by atoms with Crippen LogP contribution in [0.25, 0.3) is 10.9 Å². The normalized spacial score (nSPS) is 19.3. The minimum Gasteiger partial charge on any atom is -0.469 e. The highest BCUT2D eigenvalue weighted by Gasteiger charge is 2.30. The summed E-state index contributed by atoms with van der Waals surface area (Å²) in [5.41, 5.74) is 2.02. The number of hydrogen-bond acceptors (Lipinski definition) is 3. The second-order valence-corrected chi connectivity index (χ2v) is 9.26. The smallest absolute Gasteiger partial charge is 0.308 e. The first-order chi connectivity index (χ1) is 15.9. The topological polar surface area (TPSA) is 60.3 Å². The van der Waals surface area contributed by atoms with Crippen LogP contribution in [-0.4, -0.2) is 29.6 Å². The maximum atomic E-state index is 14.5. The average Bonchev–Trinajstić information content (AvgIpc) is 3.24. The molecule has 1 heterocycles. The van der Waals surface area contributed by atoms with Crippen LogP contribution < -0.4 is 5.32 Å². The van der Waals surface area contributed by atoms with Gasteiger partial charge in [0.25, 0.3) is 5.91 Å². The van der Waals surface area contributed by atoms with Crippen LogP contribution in [0.2, 0.25) is 5.02 Å². The van der Waals surface area contributed by atoms with Gasteiger partial charge in [-0.15, -0.1) is 0 Å². The summed E-state index contributed by atoms with van der Waals surface area (Å²) in [5.74, 6) is -0.502. The quantitative estimate of drug-likeness (QED) is 0.478. The monoisotopic (exact) mass is 470 g/mol. The molecule has 33 heavy (non-hydrogen) atoms. The van der Waals surface area contributed by atoms with Gasteiger partial charge in [0.05, 0.1) is 24.1 Å². The summed E-state index contributed by atoms with van der Waals surface area (Å²) < 4.78 is 21.3. The van der Waals surface area contributed by atoms with Gasteiger partial charge < -0.3 is 14.6 Å². The zero-order chi connectivity index (χ0) is 23.5. The van der Waals surface area contributed by atoms with E-state index < -0.39 is 0 Å². The number of nitrogens with zero attached hydrogens (tertiary/aromatic N) is 1. The molecule has 7 heteroatoms. The Hall–Kier alpha value is -2.86. The number of ether oxygens (including phenoxy) is 1. The van der Waals surface area contributed by atoms with Crippen LogP contribution >= 0.6 is 11.6 Å². The molecule has 1 aromatic heterocycles. The van der Waals surface area contributed by atoms with E-state index >= 15 is 0 Å². The number of halogens is 2. The summed E-state index contributed by atoms with van der Waals surface area (Å²) in [6, 6.07) is 12.0. The Labute approximate surface area is 197 Å². The largest absolute Gasteiger partial charge is 0.469 e. The fraction of sp³-hybridized carbons (Fsp3) is 0.385. The van der Waals surface area contributed by atoms with Crippen molar-refractivity contribution in [2.24, 2.45) is 11.8 Å². The van der Waals surface area contributed by atoms with E-state index in [1.54, 1.807) is 18.3 Å². The number of esters is 1. The highest BCUT2D eigenvalue weighted by Crippen LogP contribution is 2.32. The van der Waals surface area contributed by atoms with Crippen molar-refractivity contribution in [3.8, 4) is 0 Å². The van der Waals surface area contributed by atoms with Gasteiger partial charge >= 0.3 is 5.97 Å². The highest BCUT2D eigenvalue weighted by atomic mass is 35.5. The summed E-state index contributed by atoms with van der Waals surface area (Å²) in [4.78, 5) is 25.0. The van der Waals surface area contributed by atoms with Crippen LogP contribution in [-0.2, 0) is 16.1 Å². The van der Waals surface area contributed by atoms with Gasteiger partial charge in [-0.25, -0.2) is 4.39 Å². The van der Waals surface area contributed by atoms with Crippen molar-refractivity contribution in [3.05, 3.63) is 70.6 Å². The van der Waals surface area contributed by atoms with E-state index in [9.17, 15) is 14.0 Å². The summed E-state index contributed by atoms with van der Waals surface area (Å²) >= 11 is 5.99. The zero-order valence-corrected chi connectivity index (χ0v) is 19.6. The van der Waals surface area contributed by atoms with E-state index in [0.29, 0.717) is 28.0 Å². The Morgan fingerprint density at radius 1 is 1.12 bits per heavy atom. The fourth-order valence-corrected chi connectivity index (χ4v) is 4.94. The van der Waals surface area contributed by atoms with Gasteiger partial charge in [-0.3, -0.25) is 9.59 Å². The number of carbonyl (C=O) groups excluding carboxylic acids is 2. The molecule has 1 aliphatic carbocycles. The SMILES string of the molecule is COC(=O)[C@H]1CC[C@H](C(C)NC(=O)c2ccc(F)c3ccn(Cc4ccc(Cl)cc4)c23)CC1. The molecule has 2 aromatic carbocycles. The second-order valence-electron chi connectivity index (χ2n) is 8.82. The molecule has 0 spiro atoms. The van der Waals surface area contributed by atoms with Crippen molar-refractivity contribution >= 4 is 34.4 Å². The van der Waals surface area contributed by atoms with Gasteiger partial charge in [0.15, 0.2) is 0 Å². The predicted octanol–water partition coefficient (Wildman–Crippen LogP) is 5.58. The van der Waals surface area contributed by atoms with Gasteiger partial charge in [0.2, 0.25) is 0 Å². The third-order valence-electron chi connectivity index (χ3n) is 6.76. The van der Waals surface area contributed by atoms with Crippen molar-refractivity contribution in [3.63, 3.8) is 0 Å². The van der Waals surface area contributed by atoms with E-state index in [2.05, 4.69) is 5.32 Å². The molecule has 1 fully saturated rings. The molecule has 5 nitrogen and oxygen atoms in total. The molecule has 0 radical (unpaired) electrons. The molecule has 4 rings (SSSR count). The number of amides is 1. The van der Waals surface area contributed by atoms with Gasteiger partial charge in [0.1, 0.15) is 5.82 Å². The van der Waals surface area contributed by atoms with Crippen molar-refractivity contribution in [1.82, 2.24) is 9.88 Å². The lowest BCUT2D eigenvalue weighted by Gasteiger charge is -2.31. The molecule has 3 aromatic rings. The first kappa shape index (κ1) is 23.3. The summed E-state index contributed by atoms with van der Waals surface area (Å²) in [7, 11) is 1.42. The first-order valence-electron chi connectivity index (χ1n) is 11.3. The number of fused-ring (bicyclic) bond motifs is 1. The molecule has 1 aliphatic rings. The Morgan fingerprint density at radius 2 is 1.82 bits per heavy atom. The van der Waals surface area contributed by atoms with Gasteiger partial charge in [-0.1, -0.05) is 23.7 Å². The van der Waals surface area contributed by atoms with E-state index in [-0.39, 0.29) is 35.6 Å². The Kier molecular flexibility index (Phi) is 7.03. The van der Waals surface area contributed by atoms with Crippen molar-refractivity contribution in [2.45, 2.75) is 45.2 Å². The first-order valence-corrected chi connectivity index (χ1v) is 11.7. The molecule has 0 aliphatic heterocycles. The Morgan fingerprint density at radius 3 is 2.48 bits per heavy atom. The second kappa shape index (κ2) is 9.96. The van der Waals surface area contributed by atoms with Gasteiger partial charge in [-0.2, -0.15) is 0 Å². The number of benzene rings is 2. The van der Waals surface area contributed by atoms with Crippen LogP contribution in [0.3, 0.4) is 0 Å². The molecular formula is C26H28ClFN2O3. The minimum absolute atomic E-state index is 0.0537. The van der Waals surface area contributed by atoms with E-state index in [4.69, 9.17) is 16.3 Å². The molecule has 0 saturated heterocycles. The molecule has 0 bridgehead atoms. The number of methoxy groups -OCH3 is 1. The highest BCUT2D eigenvalue weighted by molar-refractivity contribution is 6.30. The molecule has 1 unspecified atom stereocenters. The summed E-state index contributed by atoms with van der Waals surface area (Å²) in [6.07, 6.45) is 5.04. The van der Waals surface area contributed by atoms with E-state index in [1.807, 2.05) is 35.8 Å². The number of rotatable bonds is 6. The van der Waals surface area contributed by atoms with E-state index in [0.717, 1.165) is 31.2 Å². The van der Waals surface area contributed by atoms with Crippen LogP contribution in [0.15, 0.2) is 48.7 Å². The molecular weight excluding hydrogens is 443 g/mol. The van der Waals surface area contributed by atoms with Crippen LogP contribution in [0, 0.1) is 17.7 Å². The number of aromatic nitrogens is 1. The minimum atomic E-state index is -0.356. The number of carbonyl (C=O) groups is 2. The summed E-state index contributed by atoms with van der Waals surface area (Å²) in [5, 5.41) is 4.18. The number of hydrogen-bond donors (Lipinski definition) is 1. The number of nitrogens with one attached hydrogen (secondary N) is 1. The van der Waals surface area contributed by atoms with Crippen LogP contribution in [0.4, 0.5) is 4.39 Å². The molecule has 1 N–H and O–H groups in total. The molecule has 1 atom stereocenters. The lowest BCUT2D eigenvalue weighted by molar-refractivity contribution is -0.146. The maximum Gasteiger partial charge on any atom is 0.308 e. The summed E-state index contributed by atoms with van der Waals surface area (Å²) in [6.45, 7) is 2.49. The zero-order valence-electron chi connectivity index (χ0n) is 18.8. The maximum absolute atomic E-state index is 14.5. The lowest BCUT2D eigenvalue weighted by atomic mass is 9.79. The van der Waals surface area contributed by atoms with Crippen LogP contribution in [0.1, 0.15) is 48.5 Å².